The minimum Gasteiger partial charge on any atom is -0.380 e. The molecule has 0 radical (unpaired) electrons. The standard InChI is InChI=1S/C19H21F2N5O/c1-24-18(5-6-22-24)19(27)17-10-14-12-25(7-2-8-26(14)23-17)11-13-3-4-15(20)16(21)9-13/h3-6,9-10,19,27H,2,7-8,11-12H2,1H3/t19-/m1/s1. The Bertz CT molecular complexity index is 951. The molecule has 1 aromatic carbocycles. The number of benzene rings is 1. The van der Waals surface area contributed by atoms with Crippen LogP contribution in [0.2, 0.25) is 0 Å². The summed E-state index contributed by atoms with van der Waals surface area (Å²) in [6, 6.07) is 7.69. The van der Waals surface area contributed by atoms with Crippen molar-refractivity contribution < 1.29 is 13.9 Å². The molecule has 6 nitrogen and oxygen atoms in total. The second-order valence-corrected chi connectivity index (χ2v) is 6.88. The molecule has 1 N–H and O–H groups in total. The van der Waals surface area contributed by atoms with Crippen molar-refractivity contribution in [2.75, 3.05) is 6.54 Å². The molecule has 1 atom stereocenters. The van der Waals surface area contributed by atoms with Gasteiger partial charge in [0.1, 0.15) is 6.10 Å². The summed E-state index contributed by atoms with van der Waals surface area (Å²) in [7, 11) is 1.78. The van der Waals surface area contributed by atoms with Gasteiger partial charge < -0.3 is 5.11 Å². The summed E-state index contributed by atoms with van der Waals surface area (Å²) < 4.78 is 30.1. The summed E-state index contributed by atoms with van der Waals surface area (Å²) in [4.78, 5) is 2.17. The summed E-state index contributed by atoms with van der Waals surface area (Å²) in [6.07, 6.45) is 1.69. The van der Waals surface area contributed by atoms with Crippen molar-refractivity contribution in [1.29, 1.82) is 0 Å². The second kappa shape index (κ2) is 7.21. The highest BCUT2D eigenvalue weighted by Gasteiger charge is 2.22. The van der Waals surface area contributed by atoms with Crippen LogP contribution in [0.1, 0.15) is 35.2 Å². The highest BCUT2D eigenvalue weighted by Crippen LogP contribution is 2.24. The van der Waals surface area contributed by atoms with Crippen molar-refractivity contribution in [3.8, 4) is 0 Å². The number of hydrogen-bond donors (Lipinski definition) is 1. The molecule has 0 saturated carbocycles. The molecule has 0 amide bonds. The molecule has 4 rings (SSSR count). The first-order valence-corrected chi connectivity index (χ1v) is 8.90. The van der Waals surface area contributed by atoms with E-state index in [4.69, 9.17) is 0 Å². The highest BCUT2D eigenvalue weighted by molar-refractivity contribution is 5.22. The van der Waals surface area contributed by atoms with Crippen LogP contribution in [0.25, 0.3) is 0 Å². The van der Waals surface area contributed by atoms with Gasteiger partial charge in [-0.3, -0.25) is 14.3 Å². The van der Waals surface area contributed by atoms with Crippen molar-refractivity contribution in [3.63, 3.8) is 0 Å². The predicted octanol–water partition coefficient (Wildman–Crippen LogP) is 2.38. The topological polar surface area (TPSA) is 59.1 Å². The second-order valence-electron chi connectivity index (χ2n) is 6.88. The minimum atomic E-state index is -0.837. The van der Waals surface area contributed by atoms with Gasteiger partial charge in [-0.15, -0.1) is 0 Å². The van der Waals surface area contributed by atoms with Gasteiger partial charge in [0.05, 0.1) is 17.1 Å². The van der Waals surface area contributed by atoms with E-state index in [1.165, 1.54) is 6.07 Å². The van der Waals surface area contributed by atoms with E-state index in [1.54, 1.807) is 30.1 Å². The van der Waals surface area contributed by atoms with Crippen LogP contribution in [0.4, 0.5) is 8.78 Å². The third-order valence-corrected chi connectivity index (χ3v) is 4.92. The van der Waals surface area contributed by atoms with E-state index < -0.39 is 17.7 Å². The lowest BCUT2D eigenvalue weighted by Gasteiger charge is -2.19. The zero-order valence-corrected chi connectivity index (χ0v) is 15.0. The molecule has 0 fully saturated rings. The maximum atomic E-state index is 13.5. The molecule has 0 aliphatic carbocycles. The van der Waals surface area contributed by atoms with Crippen molar-refractivity contribution in [3.05, 3.63) is 70.8 Å². The van der Waals surface area contributed by atoms with Gasteiger partial charge in [-0.25, -0.2) is 8.78 Å². The number of fused-ring (bicyclic) bond motifs is 1. The molecule has 1 aliphatic heterocycles. The van der Waals surface area contributed by atoms with Crippen LogP contribution in [-0.4, -0.2) is 36.1 Å². The van der Waals surface area contributed by atoms with Crippen molar-refractivity contribution >= 4 is 0 Å². The normalized spacial score (nSPS) is 16.1. The van der Waals surface area contributed by atoms with Crippen molar-refractivity contribution in [2.24, 2.45) is 7.05 Å². The zero-order valence-electron chi connectivity index (χ0n) is 15.0. The molecule has 0 bridgehead atoms. The molecule has 0 saturated heterocycles. The van der Waals surface area contributed by atoms with Gasteiger partial charge in [-0.05, 0) is 36.2 Å². The van der Waals surface area contributed by atoms with Gasteiger partial charge in [0.15, 0.2) is 11.6 Å². The first kappa shape index (κ1) is 17.8. The largest absolute Gasteiger partial charge is 0.380 e. The lowest BCUT2D eigenvalue weighted by atomic mass is 10.1. The van der Waals surface area contributed by atoms with Gasteiger partial charge in [-0.2, -0.15) is 10.2 Å². The highest BCUT2D eigenvalue weighted by atomic mass is 19.2. The van der Waals surface area contributed by atoms with Gasteiger partial charge in [0, 0.05) is 39.4 Å². The number of aliphatic hydroxyl groups is 1. The number of rotatable bonds is 4. The first-order chi connectivity index (χ1) is 13.0. The molecular formula is C19H21F2N5O. The van der Waals surface area contributed by atoms with Gasteiger partial charge in [0.2, 0.25) is 0 Å². The number of aliphatic hydroxyl groups excluding tert-OH is 1. The van der Waals surface area contributed by atoms with E-state index in [-0.39, 0.29) is 0 Å². The maximum absolute atomic E-state index is 13.5. The Labute approximate surface area is 155 Å². The smallest absolute Gasteiger partial charge is 0.159 e. The fourth-order valence-corrected chi connectivity index (χ4v) is 3.52. The van der Waals surface area contributed by atoms with Crippen LogP contribution in [-0.2, 0) is 26.7 Å². The Hall–Kier alpha value is -2.58. The Kier molecular flexibility index (Phi) is 4.75. The van der Waals surface area contributed by atoms with Crippen LogP contribution < -0.4 is 0 Å². The minimum absolute atomic E-state index is 0.530. The average molecular weight is 373 g/mol. The fraction of sp³-hybridized carbons (Fsp3) is 0.368. The Morgan fingerprint density at radius 2 is 2.00 bits per heavy atom. The number of halogens is 2. The van der Waals surface area contributed by atoms with Crippen molar-refractivity contribution in [2.45, 2.75) is 32.2 Å². The van der Waals surface area contributed by atoms with Crippen LogP contribution in [0.3, 0.4) is 0 Å². The molecule has 3 aromatic rings. The molecule has 27 heavy (non-hydrogen) atoms. The van der Waals surface area contributed by atoms with Crippen molar-refractivity contribution in [1.82, 2.24) is 24.5 Å². The summed E-state index contributed by atoms with van der Waals surface area (Å²) in [5.41, 5.74) is 2.99. The molecule has 8 heteroatoms. The third-order valence-electron chi connectivity index (χ3n) is 4.92. The molecule has 1 aliphatic rings. The first-order valence-electron chi connectivity index (χ1n) is 8.90. The number of hydrogen-bond acceptors (Lipinski definition) is 4. The van der Waals surface area contributed by atoms with E-state index in [0.29, 0.717) is 24.5 Å². The molecular weight excluding hydrogens is 352 g/mol. The van der Waals surface area contributed by atoms with Crippen LogP contribution in [0.5, 0.6) is 0 Å². The lowest BCUT2D eigenvalue weighted by Crippen LogP contribution is -2.22. The van der Waals surface area contributed by atoms with E-state index in [0.717, 1.165) is 36.8 Å². The molecule has 3 heterocycles. The average Bonchev–Trinajstić information content (AvgIpc) is 3.19. The SMILES string of the molecule is Cn1nccc1[C@H](O)c1cc2n(n1)CCCN(Cc1ccc(F)c(F)c1)C2. The summed E-state index contributed by atoms with van der Waals surface area (Å²) in [5, 5.41) is 19.3. The Morgan fingerprint density at radius 1 is 1.15 bits per heavy atom. The molecule has 0 spiro atoms. The Morgan fingerprint density at radius 3 is 2.74 bits per heavy atom. The monoisotopic (exact) mass is 373 g/mol. The summed E-state index contributed by atoms with van der Waals surface area (Å²) in [6.45, 7) is 2.75. The molecule has 2 aromatic heterocycles. The van der Waals surface area contributed by atoms with Gasteiger partial charge in [0.25, 0.3) is 0 Å². The predicted molar refractivity (Wildman–Crippen MR) is 94.6 cm³/mol. The molecule has 0 unspecified atom stereocenters. The summed E-state index contributed by atoms with van der Waals surface area (Å²) >= 11 is 0. The summed E-state index contributed by atoms with van der Waals surface area (Å²) in [5.74, 6) is -1.66. The van der Waals surface area contributed by atoms with E-state index in [2.05, 4.69) is 15.1 Å². The zero-order chi connectivity index (χ0) is 19.0. The van der Waals surface area contributed by atoms with Gasteiger partial charge >= 0.3 is 0 Å². The number of nitrogens with zero attached hydrogens (tertiary/aromatic N) is 5. The number of aryl methyl sites for hydroxylation is 2. The molecule has 142 valence electrons. The fourth-order valence-electron chi connectivity index (χ4n) is 3.52. The maximum Gasteiger partial charge on any atom is 0.159 e. The quantitative estimate of drug-likeness (QED) is 0.763. The van der Waals surface area contributed by atoms with E-state index in [9.17, 15) is 13.9 Å². The third kappa shape index (κ3) is 3.63. The van der Waals surface area contributed by atoms with E-state index >= 15 is 0 Å². The van der Waals surface area contributed by atoms with Crippen LogP contribution >= 0.6 is 0 Å². The lowest BCUT2D eigenvalue weighted by molar-refractivity contribution is 0.203. The van der Waals surface area contributed by atoms with E-state index in [1.807, 2.05) is 10.7 Å². The van der Waals surface area contributed by atoms with Crippen LogP contribution in [0, 0.1) is 11.6 Å². The number of aromatic nitrogens is 4. The van der Waals surface area contributed by atoms with Gasteiger partial charge in [-0.1, -0.05) is 6.07 Å². The Balaban J connectivity index is 1.52. The van der Waals surface area contributed by atoms with Crippen LogP contribution in [0.15, 0.2) is 36.5 Å².